The van der Waals surface area contributed by atoms with Crippen LogP contribution in [0.1, 0.15) is 0 Å². The molecule has 0 amide bonds. The van der Waals surface area contributed by atoms with Gasteiger partial charge in [0.1, 0.15) is 0 Å². The molecule has 2 aliphatic rings. The van der Waals surface area contributed by atoms with Crippen LogP contribution < -0.4 is 0 Å². The Bertz CT molecular complexity index is 275. The molecule has 0 N–H and O–H groups in total. The van der Waals surface area contributed by atoms with Crippen molar-refractivity contribution in [2.45, 2.75) is 0 Å². The van der Waals surface area contributed by atoms with Crippen LogP contribution in [0, 0.1) is 0 Å². The van der Waals surface area contributed by atoms with Gasteiger partial charge in [0.15, 0.2) is 0 Å². The number of hydrogen-bond acceptors (Lipinski definition) is 2. The first kappa shape index (κ1) is 10.5. The normalized spacial score (nSPS) is 29.2. The van der Waals surface area contributed by atoms with Gasteiger partial charge in [0.2, 0.25) is 0 Å². The molecule has 0 aromatic heterocycles. The van der Waals surface area contributed by atoms with Crippen molar-refractivity contribution in [3.63, 3.8) is 0 Å². The molecule has 0 saturated heterocycles. The Morgan fingerprint density at radius 1 is 0.833 bits per heavy atom. The summed E-state index contributed by atoms with van der Waals surface area (Å²) < 4.78 is 6.18. The van der Waals surface area contributed by atoms with Crippen LogP contribution in [0.3, 0.4) is 0 Å². The summed E-state index contributed by atoms with van der Waals surface area (Å²) in [6, 6.07) is 0. The van der Waals surface area contributed by atoms with E-state index in [1.165, 1.54) is 7.61 Å². The summed E-state index contributed by atoms with van der Waals surface area (Å²) in [7, 11) is 0. The Hall–Kier alpha value is 2.00. The predicted octanol–water partition coefficient (Wildman–Crippen LogP) is 0.414. The number of hydrogen-bond donors (Lipinski definition) is 2. The molecule has 6 heteroatoms. The molecule has 0 nitrogen and oxygen atoms in total. The molecular weight excluding hydrogens is 452 g/mol. The van der Waals surface area contributed by atoms with Crippen molar-refractivity contribution in [2.24, 2.45) is 0 Å². The van der Waals surface area contributed by atoms with Gasteiger partial charge in [-0.1, -0.05) is 0 Å². The van der Waals surface area contributed by atoms with E-state index in [2.05, 4.69) is 35.2 Å². The monoisotopic (exact) mass is 460 g/mol. The van der Waals surface area contributed by atoms with Gasteiger partial charge < -0.3 is 0 Å². The minimum atomic E-state index is 0.591. The zero-order valence-corrected chi connectivity index (χ0v) is 14.3. The first-order chi connectivity index (χ1) is 5.75. The van der Waals surface area contributed by atoms with Crippen molar-refractivity contribution in [2.75, 3.05) is 0 Å². The summed E-state index contributed by atoms with van der Waals surface area (Å²) in [6.45, 7) is 0. The molecule has 0 aliphatic carbocycles. The molecule has 0 saturated carbocycles. The van der Waals surface area contributed by atoms with Crippen LogP contribution in [-0.4, -0.2) is 59.8 Å². The zero-order valence-electron chi connectivity index (χ0n) is 5.68. The average molecular weight is 456 g/mol. The van der Waals surface area contributed by atoms with Crippen LogP contribution in [0.2, 0.25) is 0 Å². The first-order valence-corrected chi connectivity index (χ1v) is 11.0. The Labute approximate surface area is 108 Å². The van der Waals surface area contributed by atoms with Gasteiger partial charge in [-0.15, -0.1) is 0 Å². The minimum absolute atomic E-state index is 0.591. The van der Waals surface area contributed by atoms with Crippen molar-refractivity contribution < 1.29 is 0 Å². The van der Waals surface area contributed by atoms with Crippen molar-refractivity contribution in [3.8, 4) is 0 Å². The fourth-order valence-corrected chi connectivity index (χ4v) is 16.5. The van der Waals surface area contributed by atoms with Gasteiger partial charge in [-0.2, -0.15) is 0 Å². The fraction of sp³-hybridized carbons (Fsp3) is 0. The molecule has 2 aliphatic heterocycles. The molecule has 0 radical (unpaired) electrons. The fourth-order valence-electron chi connectivity index (χ4n) is 0.674. The second-order valence-electron chi connectivity index (χ2n) is 1.93. The van der Waals surface area contributed by atoms with E-state index < -0.39 is 0 Å². The average Bonchev–Trinajstić information content (AvgIpc) is 2.58. The molecule has 0 fully saturated rings. The van der Waals surface area contributed by atoms with Crippen LogP contribution in [-0.2, 0) is 0 Å². The van der Waals surface area contributed by atoms with Gasteiger partial charge in [-0.05, 0) is 0 Å². The molecule has 0 atom stereocenters. The van der Waals surface area contributed by atoms with Crippen LogP contribution in [0.5, 0.6) is 0 Å². The van der Waals surface area contributed by atoms with Gasteiger partial charge in [0.25, 0.3) is 0 Å². The standard InChI is InChI=1S/C6H4S2Se4/c7-3-1-9-5(11-3)6-10-2-4(8)12-6/h1-2,7-8H/b6-5-. The second-order valence-corrected chi connectivity index (χ2v) is 15.0. The Kier molecular flexibility index (Phi) is 4.10. The van der Waals surface area contributed by atoms with Crippen molar-refractivity contribution in [1.82, 2.24) is 0 Å². The number of rotatable bonds is 0. The third kappa shape index (κ3) is 2.52. The van der Waals surface area contributed by atoms with Gasteiger partial charge >= 0.3 is 109 Å². The molecular formula is C6H4S2Se4. The summed E-state index contributed by atoms with van der Waals surface area (Å²) in [5, 5.41) is 0. The zero-order chi connectivity index (χ0) is 8.55. The van der Waals surface area contributed by atoms with Crippen molar-refractivity contribution in [3.05, 3.63) is 24.3 Å². The van der Waals surface area contributed by atoms with E-state index in [4.69, 9.17) is 0 Å². The maximum atomic E-state index is 4.42. The van der Waals surface area contributed by atoms with E-state index in [0.29, 0.717) is 59.8 Å². The second kappa shape index (κ2) is 4.68. The molecule has 0 unspecified atom stereocenters. The molecule has 0 spiro atoms. The third-order valence-corrected chi connectivity index (χ3v) is 17.4. The van der Waals surface area contributed by atoms with E-state index in [-0.39, 0.29) is 0 Å². The molecule has 64 valence electrons. The Balaban J connectivity index is 2.11. The van der Waals surface area contributed by atoms with Gasteiger partial charge in [-0.25, -0.2) is 0 Å². The summed E-state index contributed by atoms with van der Waals surface area (Å²) in [4.78, 5) is 4.64. The van der Waals surface area contributed by atoms with Crippen molar-refractivity contribution in [1.29, 1.82) is 0 Å². The quantitative estimate of drug-likeness (QED) is 0.384. The van der Waals surface area contributed by atoms with Crippen molar-refractivity contribution >= 4 is 85.1 Å². The van der Waals surface area contributed by atoms with E-state index >= 15 is 0 Å². The molecule has 0 aromatic rings. The van der Waals surface area contributed by atoms with E-state index in [9.17, 15) is 0 Å². The van der Waals surface area contributed by atoms with Crippen LogP contribution in [0.15, 0.2) is 24.3 Å². The maximum absolute atomic E-state index is 4.42. The predicted molar refractivity (Wildman–Crippen MR) is 64.2 cm³/mol. The third-order valence-electron chi connectivity index (χ3n) is 1.09. The Morgan fingerprint density at radius 2 is 1.25 bits per heavy atom. The molecule has 12 heavy (non-hydrogen) atoms. The van der Waals surface area contributed by atoms with E-state index in [0.717, 1.165) is 0 Å². The summed E-state index contributed by atoms with van der Waals surface area (Å²) in [6.07, 6.45) is 0. The molecule has 2 rings (SSSR count). The summed E-state index contributed by atoms with van der Waals surface area (Å²) >= 11 is 11.3. The first-order valence-electron chi connectivity index (χ1n) is 2.97. The SMILES string of the molecule is SC1=C[Se]/C(=C2\[Se]C=C(S)[Se]2)[Se]1. The van der Waals surface area contributed by atoms with Crippen LogP contribution in [0.4, 0.5) is 0 Å². The van der Waals surface area contributed by atoms with Crippen LogP contribution in [0.25, 0.3) is 0 Å². The van der Waals surface area contributed by atoms with E-state index in [1.807, 2.05) is 0 Å². The van der Waals surface area contributed by atoms with Gasteiger partial charge in [0.05, 0.1) is 0 Å². The summed E-state index contributed by atoms with van der Waals surface area (Å²) in [5.74, 6) is 0. The topological polar surface area (TPSA) is 0 Å². The molecule has 0 aromatic carbocycles. The molecule has 2 heterocycles. The van der Waals surface area contributed by atoms with E-state index in [1.54, 1.807) is 6.74 Å². The van der Waals surface area contributed by atoms with Gasteiger partial charge in [-0.3, -0.25) is 0 Å². The van der Waals surface area contributed by atoms with Crippen LogP contribution >= 0.6 is 25.3 Å². The summed E-state index contributed by atoms with van der Waals surface area (Å²) in [5.41, 5.74) is 0. The van der Waals surface area contributed by atoms with Gasteiger partial charge in [0, 0.05) is 0 Å². The number of thiol groups is 2. The Morgan fingerprint density at radius 3 is 1.50 bits per heavy atom. The molecule has 0 bridgehead atoms.